The third-order valence-electron chi connectivity index (χ3n) is 3.98. The van der Waals surface area contributed by atoms with Gasteiger partial charge in [0.25, 0.3) is 5.91 Å². The Hall–Kier alpha value is -3.04. The third-order valence-corrected chi connectivity index (χ3v) is 3.98. The van der Waals surface area contributed by atoms with Crippen LogP contribution in [0.5, 0.6) is 0 Å². The van der Waals surface area contributed by atoms with Crippen molar-refractivity contribution in [3.63, 3.8) is 0 Å². The number of carbonyl (C=O) groups excluding carboxylic acids is 2. The van der Waals surface area contributed by atoms with Gasteiger partial charge in [0.15, 0.2) is 0 Å². The average Bonchev–Trinajstić information content (AvgIpc) is 3.09. The Bertz CT molecular complexity index is 917. The number of alkyl carbamates (subject to hydrolysis) is 1. The van der Waals surface area contributed by atoms with Gasteiger partial charge in [-0.25, -0.2) is 4.79 Å². The van der Waals surface area contributed by atoms with E-state index in [1.807, 2.05) is 0 Å². The number of hydrogen-bond donors (Lipinski definition) is 2. The highest BCUT2D eigenvalue weighted by Crippen LogP contribution is 2.34. The van der Waals surface area contributed by atoms with E-state index in [9.17, 15) is 22.8 Å². The molecule has 0 radical (unpaired) electrons. The van der Waals surface area contributed by atoms with Crippen molar-refractivity contribution in [3.8, 4) is 0 Å². The van der Waals surface area contributed by atoms with Gasteiger partial charge in [-0.3, -0.25) is 4.79 Å². The van der Waals surface area contributed by atoms with Crippen LogP contribution in [0, 0.1) is 0 Å². The normalized spacial score (nSPS) is 12.9. The first kappa shape index (κ1) is 23.2. The number of amides is 2. The molecule has 30 heavy (non-hydrogen) atoms. The van der Waals surface area contributed by atoms with Crippen LogP contribution in [0.2, 0.25) is 0 Å². The SMILES string of the molecule is CCc1ccc(NC(=O)c2cc([C@@H](C)NC(=O)OC(C)(C)C)no2)cc1C(F)(F)F. The standard InChI is InChI=1S/C20H24F3N3O4/c1-6-12-7-8-13(9-14(12)20(21,22)23)25-17(27)16-10-15(26-30-16)11(2)24-18(28)29-19(3,4)5/h7-11H,6H2,1-5H3,(H,24,28)(H,25,27)/t11-/m1/s1. The van der Waals surface area contributed by atoms with E-state index in [0.29, 0.717) is 0 Å². The van der Waals surface area contributed by atoms with Gasteiger partial charge in [-0.1, -0.05) is 18.1 Å². The maximum atomic E-state index is 13.2. The smallest absolute Gasteiger partial charge is 0.416 e. The molecule has 10 heteroatoms. The molecule has 1 atom stereocenters. The molecule has 0 spiro atoms. The topological polar surface area (TPSA) is 93.5 Å². The van der Waals surface area contributed by atoms with Gasteiger partial charge in [-0.05, 0) is 51.8 Å². The third kappa shape index (κ3) is 6.23. The first-order valence-electron chi connectivity index (χ1n) is 9.27. The second-order valence-corrected chi connectivity index (χ2v) is 7.66. The molecule has 7 nitrogen and oxygen atoms in total. The largest absolute Gasteiger partial charge is 0.444 e. The summed E-state index contributed by atoms with van der Waals surface area (Å²) in [5, 5.41) is 8.64. The van der Waals surface area contributed by atoms with Crippen molar-refractivity contribution in [1.82, 2.24) is 10.5 Å². The monoisotopic (exact) mass is 427 g/mol. The van der Waals surface area contributed by atoms with E-state index >= 15 is 0 Å². The van der Waals surface area contributed by atoms with Gasteiger partial charge in [0.2, 0.25) is 5.76 Å². The first-order chi connectivity index (χ1) is 13.8. The molecule has 1 aromatic carbocycles. The van der Waals surface area contributed by atoms with Crippen LogP contribution in [-0.2, 0) is 17.3 Å². The van der Waals surface area contributed by atoms with Crippen LogP contribution < -0.4 is 10.6 Å². The van der Waals surface area contributed by atoms with Gasteiger partial charge in [-0.2, -0.15) is 13.2 Å². The Morgan fingerprint density at radius 3 is 2.43 bits per heavy atom. The minimum Gasteiger partial charge on any atom is -0.444 e. The number of benzene rings is 1. The number of aromatic nitrogens is 1. The molecular formula is C20H24F3N3O4. The fourth-order valence-corrected chi connectivity index (χ4v) is 2.58. The van der Waals surface area contributed by atoms with Gasteiger partial charge >= 0.3 is 12.3 Å². The zero-order chi connectivity index (χ0) is 22.7. The summed E-state index contributed by atoms with van der Waals surface area (Å²) in [5.74, 6) is -0.980. The summed E-state index contributed by atoms with van der Waals surface area (Å²) in [6, 6.07) is 4.25. The predicted molar refractivity (Wildman–Crippen MR) is 103 cm³/mol. The van der Waals surface area contributed by atoms with E-state index in [1.165, 1.54) is 18.2 Å². The molecule has 0 saturated carbocycles. The van der Waals surface area contributed by atoms with Crippen molar-refractivity contribution in [2.75, 3.05) is 5.32 Å². The molecule has 2 amide bonds. The van der Waals surface area contributed by atoms with E-state index in [-0.39, 0.29) is 29.1 Å². The van der Waals surface area contributed by atoms with Crippen molar-refractivity contribution >= 4 is 17.7 Å². The molecule has 1 aromatic heterocycles. The van der Waals surface area contributed by atoms with Gasteiger partial charge in [0.1, 0.15) is 11.3 Å². The number of carbonyl (C=O) groups is 2. The fraction of sp³-hybridized carbons (Fsp3) is 0.450. The Labute approximate surface area is 172 Å². The highest BCUT2D eigenvalue weighted by molar-refractivity contribution is 6.02. The summed E-state index contributed by atoms with van der Waals surface area (Å²) in [5.41, 5.74) is -1.13. The molecule has 2 aromatic rings. The van der Waals surface area contributed by atoms with E-state index in [2.05, 4.69) is 15.8 Å². The number of alkyl halides is 3. The number of aryl methyl sites for hydroxylation is 1. The van der Waals surface area contributed by atoms with E-state index in [4.69, 9.17) is 9.26 Å². The van der Waals surface area contributed by atoms with Crippen molar-refractivity contribution in [2.24, 2.45) is 0 Å². The van der Waals surface area contributed by atoms with Crippen molar-refractivity contribution in [3.05, 3.63) is 46.8 Å². The Balaban J connectivity index is 2.09. The zero-order valence-electron chi connectivity index (χ0n) is 17.3. The molecule has 2 rings (SSSR count). The van der Waals surface area contributed by atoms with Gasteiger partial charge in [-0.15, -0.1) is 0 Å². The van der Waals surface area contributed by atoms with Crippen LogP contribution in [0.25, 0.3) is 0 Å². The van der Waals surface area contributed by atoms with Gasteiger partial charge in [0, 0.05) is 11.8 Å². The van der Waals surface area contributed by atoms with E-state index in [0.717, 1.165) is 6.07 Å². The first-order valence-corrected chi connectivity index (χ1v) is 9.27. The number of nitrogens with one attached hydrogen (secondary N) is 2. The number of rotatable bonds is 5. The van der Waals surface area contributed by atoms with Gasteiger partial charge in [0.05, 0.1) is 11.6 Å². The number of nitrogens with zero attached hydrogens (tertiary/aromatic N) is 1. The molecule has 2 N–H and O–H groups in total. The molecule has 0 aliphatic heterocycles. The summed E-state index contributed by atoms with van der Waals surface area (Å²) in [7, 11) is 0. The molecule has 0 fully saturated rings. The minimum atomic E-state index is -4.53. The molecule has 0 aliphatic rings. The lowest BCUT2D eigenvalue weighted by Gasteiger charge is -2.21. The van der Waals surface area contributed by atoms with E-state index in [1.54, 1.807) is 34.6 Å². The van der Waals surface area contributed by atoms with Crippen LogP contribution in [0.15, 0.2) is 28.8 Å². The quantitative estimate of drug-likeness (QED) is 0.693. The predicted octanol–water partition coefficient (Wildman–Crippen LogP) is 5.09. The molecular weight excluding hydrogens is 403 g/mol. The lowest BCUT2D eigenvalue weighted by molar-refractivity contribution is -0.138. The summed E-state index contributed by atoms with van der Waals surface area (Å²) in [6.45, 7) is 8.38. The molecule has 0 unspecified atom stereocenters. The van der Waals surface area contributed by atoms with Crippen molar-refractivity contribution in [2.45, 2.75) is 58.9 Å². The van der Waals surface area contributed by atoms with Crippen molar-refractivity contribution in [1.29, 1.82) is 0 Å². The Morgan fingerprint density at radius 2 is 1.87 bits per heavy atom. The summed E-state index contributed by atoms with van der Waals surface area (Å²) in [6.07, 6.45) is -5.00. The minimum absolute atomic E-state index is 0.0256. The highest BCUT2D eigenvalue weighted by Gasteiger charge is 2.33. The maximum Gasteiger partial charge on any atom is 0.416 e. The Kier molecular flexibility index (Phi) is 6.79. The van der Waals surface area contributed by atoms with Crippen molar-refractivity contribution < 1.29 is 32.0 Å². The van der Waals surface area contributed by atoms with Gasteiger partial charge < -0.3 is 19.9 Å². The van der Waals surface area contributed by atoms with Crippen LogP contribution in [0.4, 0.5) is 23.7 Å². The number of ether oxygens (including phenoxy) is 1. The fourth-order valence-electron chi connectivity index (χ4n) is 2.58. The number of hydrogen-bond acceptors (Lipinski definition) is 5. The average molecular weight is 427 g/mol. The molecule has 0 saturated heterocycles. The van der Waals surface area contributed by atoms with Crippen LogP contribution in [0.1, 0.15) is 68.0 Å². The molecule has 0 aliphatic carbocycles. The second-order valence-electron chi connectivity index (χ2n) is 7.66. The molecule has 0 bridgehead atoms. The molecule has 1 heterocycles. The maximum absolute atomic E-state index is 13.2. The zero-order valence-corrected chi connectivity index (χ0v) is 17.3. The number of halogens is 3. The lowest BCUT2D eigenvalue weighted by atomic mass is 10.0. The highest BCUT2D eigenvalue weighted by atomic mass is 19.4. The second kappa shape index (κ2) is 8.76. The lowest BCUT2D eigenvalue weighted by Crippen LogP contribution is -2.34. The van der Waals surface area contributed by atoms with Crippen LogP contribution in [0.3, 0.4) is 0 Å². The Morgan fingerprint density at radius 1 is 1.20 bits per heavy atom. The summed E-state index contributed by atoms with van der Waals surface area (Å²) in [4.78, 5) is 24.2. The van der Waals surface area contributed by atoms with Crippen LogP contribution >= 0.6 is 0 Å². The number of anilines is 1. The molecule has 164 valence electrons. The van der Waals surface area contributed by atoms with E-state index < -0.39 is 35.4 Å². The summed E-state index contributed by atoms with van der Waals surface area (Å²) >= 11 is 0. The van der Waals surface area contributed by atoms with Crippen LogP contribution in [-0.4, -0.2) is 22.8 Å². The summed E-state index contributed by atoms with van der Waals surface area (Å²) < 4.78 is 49.7.